The van der Waals surface area contributed by atoms with Gasteiger partial charge in [-0.1, -0.05) is 12.6 Å². The van der Waals surface area contributed by atoms with Crippen molar-refractivity contribution in [2.24, 2.45) is 0 Å². The van der Waals surface area contributed by atoms with Gasteiger partial charge in [0.15, 0.2) is 0 Å². The maximum absolute atomic E-state index is 7.57. The van der Waals surface area contributed by atoms with Gasteiger partial charge in [0, 0.05) is 34.3 Å². The van der Waals surface area contributed by atoms with Crippen LogP contribution < -0.4 is 0 Å². The number of aliphatic hydroxyl groups is 1. The van der Waals surface area contributed by atoms with Crippen LogP contribution in [0.1, 0.15) is 6.92 Å². The summed E-state index contributed by atoms with van der Waals surface area (Å²) in [6.07, 6.45) is 0. The second-order valence-electron chi connectivity index (χ2n) is 0.416. The average molecular weight is 306 g/mol. The Kier molecular flexibility index (Phi) is 66.2. The maximum atomic E-state index is 7.57. The summed E-state index contributed by atoms with van der Waals surface area (Å²) in [5, 5.41) is 16.2. The molecule has 0 amide bonds. The Labute approximate surface area is 69.4 Å². The van der Waals surface area contributed by atoms with Crippen molar-refractivity contribution >= 4 is 12.6 Å². The van der Waals surface area contributed by atoms with Gasteiger partial charge >= 0.3 is 0 Å². The molecular formula is C3H7HgNOS. The van der Waals surface area contributed by atoms with Crippen LogP contribution >= 0.6 is 12.6 Å². The van der Waals surface area contributed by atoms with E-state index in [1.807, 2.05) is 0 Å². The largest absolute Gasteiger partial charge is 0.397 e. The molecule has 0 rings (SSSR count). The fourth-order valence-corrected chi connectivity index (χ4v) is 0. The molecule has 7 heavy (non-hydrogen) atoms. The zero-order valence-corrected chi connectivity index (χ0v) is 10.6. The molecule has 0 fully saturated rings. The molecule has 0 aliphatic heterocycles. The van der Waals surface area contributed by atoms with Crippen molar-refractivity contribution in [1.82, 2.24) is 0 Å². The number of nitriles is 1. The van der Waals surface area contributed by atoms with E-state index >= 15 is 0 Å². The number of nitrogens with zero attached hydrogens (tertiary/aromatic N) is 1. The van der Waals surface area contributed by atoms with Crippen molar-refractivity contribution in [3.63, 3.8) is 0 Å². The van der Waals surface area contributed by atoms with Crippen LogP contribution in [0.3, 0.4) is 0 Å². The second kappa shape index (κ2) is 29.6. The smallest absolute Gasteiger partial charge is 0.130 e. The summed E-state index contributed by atoms with van der Waals surface area (Å²) in [6, 6.07) is 0. The van der Waals surface area contributed by atoms with E-state index in [2.05, 4.69) is 12.6 Å². The van der Waals surface area contributed by atoms with Crippen molar-refractivity contribution in [2.75, 3.05) is 6.61 Å². The van der Waals surface area contributed by atoms with Gasteiger partial charge in [0.05, 0.1) is 0 Å². The van der Waals surface area contributed by atoms with Crippen LogP contribution in [-0.2, 0) is 27.7 Å². The molecule has 0 radical (unpaired) electrons. The minimum absolute atomic E-state index is 0. The van der Waals surface area contributed by atoms with E-state index in [4.69, 9.17) is 10.4 Å². The van der Waals surface area contributed by atoms with Gasteiger partial charge in [-0.2, -0.15) is 5.26 Å². The zero-order chi connectivity index (χ0) is 5.41. The third-order valence-corrected chi connectivity index (χ3v) is 0. The number of aliphatic hydroxyl groups excluding tert-OH is 1. The van der Waals surface area contributed by atoms with Crippen molar-refractivity contribution in [2.45, 2.75) is 6.92 Å². The first-order valence-corrected chi connectivity index (χ1v) is 1.92. The van der Waals surface area contributed by atoms with Crippen LogP contribution in [-0.4, -0.2) is 11.7 Å². The Morgan fingerprint density at radius 2 is 1.86 bits per heavy atom. The van der Waals surface area contributed by atoms with E-state index in [9.17, 15) is 0 Å². The molecule has 0 spiro atoms. The summed E-state index contributed by atoms with van der Waals surface area (Å²) in [7, 11) is 0. The number of hydrogen-bond acceptors (Lipinski definition) is 3. The van der Waals surface area contributed by atoms with Crippen LogP contribution in [0.25, 0.3) is 0 Å². The third-order valence-electron chi connectivity index (χ3n) is 0. The predicted octanol–water partition coefficient (Wildman–Crippen LogP) is 0.393. The Morgan fingerprint density at radius 3 is 1.86 bits per heavy atom. The number of rotatable bonds is 0. The number of thiol groups is 1. The van der Waals surface area contributed by atoms with Crippen LogP contribution in [0.15, 0.2) is 0 Å². The molecule has 0 atom stereocenters. The Hall–Kier alpha value is 0.735. The first-order chi connectivity index (χ1) is 2.83. The quantitative estimate of drug-likeness (QED) is 0.386. The van der Waals surface area contributed by atoms with Gasteiger partial charge in [0.1, 0.15) is 5.40 Å². The van der Waals surface area contributed by atoms with Crippen LogP contribution in [0.2, 0.25) is 0 Å². The summed E-state index contributed by atoms with van der Waals surface area (Å²) >= 11 is 3.09. The normalized spacial score (nSPS) is 3.71. The Morgan fingerprint density at radius 1 is 1.86 bits per heavy atom. The molecule has 1 N–H and O–H groups in total. The molecular weight excluding hydrogens is 299 g/mol. The third kappa shape index (κ3) is 279. The maximum Gasteiger partial charge on any atom is 0.130 e. The molecule has 4 heteroatoms. The van der Waals surface area contributed by atoms with Gasteiger partial charge in [-0.15, -0.1) is 0 Å². The summed E-state index contributed by atoms with van der Waals surface area (Å²) < 4.78 is 0. The SMILES string of the molecule is CCO.N#CS.[Hg]. The van der Waals surface area contributed by atoms with Gasteiger partial charge in [-0.25, -0.2) is 0 Å². The average Bonchev–Trinajstić information content (AvgIpc) is 1.39. The van der Waals surface area contributed by atoms with Crippen LogP contribution in [0.5, 0.6) is 0 Å². The number of hydrogen-bond donors (Lipinski definition) is 2. The van der Waals surface area contributed by atoms with Crippen molar-refractivity contribution in [1.29, 1.82) is 5.26 Å². The molecule has 0 unspecified atom stereocenters. The standard InChI is InChI=1S/C2H6O.CHNS.Hg/c1-2-3;2-1-3;/h3H,2H2,1H3;3H;. The summed E-state index contributed by atoms with van der Waals surface area (Å²) in [5.41, 5.74) is 0. The molecule has 2 nitrogen and oxygen atoms in total. The predicted molar refractivity (Wildman–Crippen MR) is 27.4 cm³/mol. The van der Waals surface area contributed by atoms with Crippen molar-refractivity contribution in [3.05, 3.63) is 0 Å². The van der Waals surface area contributed by atoms with E-state index < -0.39 is 0 Å². The van der Waals surface area contributed by atoms with E-state index in [0.29, 0.717) is 0 Å². The minimum Gasteiger partial charge on any atom is -0.397 e. The molecule has 0 saturated heterocycles. The van der Waals surface area contributed by atoms with Crippen molar-refractivity contribution < 1.29 is 32.8 Å². The molecule has 0 saturated carbocycles. The van der Waals surface area contributed by atoms with Crippen LogP contribution in [0, 0.1) is 10.7 Å². The van der Waals surface area contributed by atoms with E-state index in [1.165, 1.54) is 5.40 Å². The summed E-state index contributed by atoms with van der Waals surface area (Å²) in [5.74, 6) is 0. The molecule has 0 aliphatic rings. The van der Waals surface area contributed by atoms with E-state index in [-0.39, 0.29) is 34.3 Å². The fraction of sp³-hybridized carbons (Fsp3) is 0.667. The van der Waals surface area contributed by atoms with Crippen molar-refractivity contribution in [3.8, 4) is 5.40 Å². The first-order valence-electron chi connectivity index (χ1n) is 1.47. The fourth-order valence-electron chi connectivity index (χ4n) is 0. The van der Waals surface area contributed by atoms with Gasteiger partial charge in [0.25, 0.3) is 0 Å². The summed E-state index contributed by atoms with van der Waals surface area (Å²) in [4.78, 5) is 0. The molecule has 38 valence electrons. The topological polar surface area (TPSA) is 44.0 Å². The van der Waals surface area contributed by atoms with Gasteiger partial charge < -0.3 is 5.11 Å². The molecule has 0 bridgehead atoms. The van der Waals surface area contributed by atoms with Gasteiger partial charge in [0.2, 0.25) is 0 Å². The Bertz CT molecular complexity index is 44.7. The van der Waals surface area contributed by atoms with Gasteiger partial charge in [-0.3, -0.25) is 0 Å². The van der Waals surface area contributed by atoms with E-state index in [0.717, 1.165) is 0 Å². The number of thiocyanates is 1. The molecule has 0 aliphatic carbocycles. The zero-order valence-electron chi connectivity index (χ0n) is 4.26. The second-order valence-corrected chi connectivity index (χ2v) is 0.616. The minimum atomic E-state index is 0. The molecule has 0 aromatic rings. The first kappa shape index (κ1) is 15.6. The monoisotopic (exact) mass is 307 g/mol. The Balaban J connectivity index is -0.0000000400. The van der Waals surface area contributed by atoms with Crippen LogP contribution in [0.4, 0.5) is 0 Å². The molecule has 0 aromatic carbocycles. The van der Waals surface area contributed by atoms with E-state index in [1.54, 1.807) is 6.92 Å². The molecule has 0 heterocycles. The van der Waals surface area contributed by atoms with Gasteiger partial charge in [-0.05, 0) is 6.92 Å². The molecule has 0 aromatic heterocycles. The summed E-state index contributed by atoms with van der Waals surface area (Å²) in [6.45, 7) is 1.93.